The Morgan fingerprint density at radius 2 is 2.27 bits per heavy atom. The molecule has 0 heterocycles. The Morgan fingerprint density at radius 1 is 1.55 bits per heavy atom. The first-order valence-electron chi connectivity index (χ1n) is 4.06. The number of hydrogen-bond donors (Lipinski definition) is 0. The third-order valence-corrected chi connectivity index (χ3v) is 6.80. The van der Waals surface area contributed by atoms with Crippen LogP contribution in [0.25, 0.3) is 0 Å². The van der Waals surface area contributed by atoms with Gasteiger partial charge in [0, 0.05) is 0 Å². The van der Waals surface area contributed by atoms with Gasteiger partial charge in [-0.2, -0.15) is 0 Å². The maximum absolute atomic E-state index is 5.82. The molecule has 1 aliphatic carbocycles. The van der Waals surface area contributed by atoms with Gasteiger partial charge < -0.3 is 0 Å². The van der Waals surface area contributed by atoms with Gasteiger partial charge in [0.05, 0.1) is 0 Å². The molecular formula is C9H15OZr. The van der Waals surface area contributed by atoms with E-state index in [1.54, 1.807) is 3.28 Å². The van der Waals surface area contributed by atoms with Gasteiger partial charge in [-0.1, -0.05) is 0 Å². The number of hydrogen-bond acceptors (Lipinski definition) is 1. The molecule has 2 heteroatoms. The Bertz CT molecular complexity index is 182. The molecule has 0 atom stereocenters. The van der Waals surface area contributed by atoms with Crippen LogP contribution in [0, 0.1) is 0 Å². The molecule has 0 saturated heterocycles. The van der Waals surface area contributed by atoms with Crippen molar-refractivity contribution >= 4 is 0 Å². The summed E-state index contributed by atoms with van der Waals surface area (Å²) in [6.07, 6.45) is 8.15. The predicted octanol–water partition coefficient (Wildman–Crippen LogP) is 2.84. The van der Waals surface area contributed by atoms with Gasteiger partial charge in [-0.15, -0.1) is 0 Å². The molecule has 0 aromatic carbocycles. The van der Waals surface area contributed by atoms with Crippen LogP contribution in [0.5, 0.6) is 0 Å². The number of rotatable bonds is 3. The Labute approximate surface area is 77.4 Å². The summed E-state index contributed by atoms with van der Waals surface area (Å²) < 4.78 is 9.71. The Hall–Kier alpha value is 0.323. The molecule has 0 aromatic rings. The van der Waals surface area contributed by atoms with Crippen LogP contribution >= 0.6 is 0 Å². The van der Waals surface area contributed by atoms with Crippen molar-refractivity contribution in [3.63, 3.8) is 0 Å². The van der Waals surface area contributed by atoms with Crippen molar-refractivity contribution in [3.05, 3.63) is 21.5 Å². The monoisotopic (exact) mass is 229 g/mol. The minimum atomic E-state index is -1.55. The first-order chi connectivity index (χ1) is 5.20. The van der Waals surface area contributed by atoms with E-state index in [0.29, 0.717) is 6.10 Å². The Kier molecular flexibility index (Phi) is 3.74. The Balaban J connectivity index is 2.36. The quantitative estimate of drug-likeness (QED) is 0.724. The zero-order valence-corrected chi connectivity index (χ0v) is 9.88. The SMILES string of the molecule is CC(C)[O][Zr]([CH3])[C]1=CC=CC1. The molecule has 61 valence electrons. The second-order valence-electron chi connectivity index (χ2n) is 3.05. The van der Waals surface area contributed by atoms with Crippen LogP contribution in [0.4, 0.5) is 0 Å². The van der Waals surface area contributed by atoms with Crippen molar-refractivity contribution in [2.24, 2.45) is 0 Å². The molecule has 0 aliphatic heterocycles. The third kappa shape index (κ3) is 3.05. The second-order valence-corrected chi connectivity index (χ2v) is 7.94. The van der Waals surface area contributed by atoms with E-state index in [-0.39, 0.29) is 0 Å². The third-order valence-electron chi connectivity index (χ3n) is 1.64. The normalized spacial score (nSPS) is 15.8. The van der Waals surface area contributed by atoms with E-state index >= 15 is 0 Å². The molecule has 0 bridgehead atoms. The van der Waals surface area contributed by atoms with Crippen molar-refractivity contribution in [1.82, 2.24) is 0 Å². The summed E-state index contributed by atoms with van der Waals surface area (Å²) in [6.45, 7) is 4.24. The number of allylic oxidation sites excluding steroid dienone is 4. The summed E-state index contributed by atoms with van der Waals surface area (Å²) in [4.78, 5) is 0. The average molecular weight is 230 g/mol. The molecule has 1 aliphatic rings. The minimum absolute atomic E-state index is 0.413. The zero-order valence-electron chi connectivity index (χ0n) is 7.42. The van der Waals surface area contributed by atoms with Crippen LogP contribution in [-0.4, -0.2) is 6.10 Å². The van der Waals surface area contributed by atoms with Crippen LogP contribution in [-0.2, 0) is 25.0 Å². The van der Waals surface area contributed by atoms with Crippen molar-refractivity contribution in [2.45, 2.75) is 31.0 Å². The maximum atomic E-state index is 5.82. The van der Waals surface area contributed by atoms with Gasteiger partial charge in [0.2, 0.25) is 0 Å². The van der Waals surface area contributed by atoms with E-state index in [1.807, 2.05) is 0 Å². The second kappa shape index (κ2) is 4.37. The van der Waals surface area contributed by atoms with Crippen LogP contribution in [0.1, 0.15) is 20.3 Å². The molecule has 0 radical (unpaired) electrons. The van der Waals surface area contributed by atoms with E-state index in [0.717, 1.165) is 6.42 Å². The molecule has 1 nitrogen and oxygen atoms in total. The fourth-order valence-electron chi connectivity index (χ4n) is 1.14. The van der Waals surface area contributed by atoms with Crippen LogP contribution in [0.15, 0.2) is 21.5 Å². The molecule has 0 spiro atoms. The van der Waals surface area contributed by atoms with Crippen LogP contribution in [0.3, 0.4) is 0 Å². The summed E-state index contributed by atoms with van der Waals surface area (Å²) in [5, 5.41) is 0. The summed E-state index contributed by atoms with van der Waals surface area (Å²) in [5.41, 5.74) is 0. The standard InChI is InChI=1S/C5H5.C3H7O.CH3.Zr/c1-2-4-5-3-1;1-3(2)4;;/h1-3H,4H2;3H,1-2H3;1H3;/q;-1;;+1. The van der Waals surface area contributed by atoms with Gasteiger partial charge in [0.25, 0.3) is 0 Å². The van der Waals surface area contributed by atoms with E-state index in [2.05, 4.69) is 36.7 Å². The van der Waals surface area contributed by atoms with Gasteiger partial charge >= 0.3 is 77.5 Å². The Morgan fingerprint density at radius 3 is 2.73 bits per heavy atom. The van der Waals surface area contributed by atoms with Gasteiger partial charge in [-0.25, -0.2) is 0 Å². The molecule has 0 aromatic heterocycles. The molecule has 1 rings (SSSR count). The van der Waals surface area contributed by atoms with Gasteiger partial charge in [0.15, 0.2) is 0 Å². The fraction of sp³-hybridized carbons (Fsp3) is 0.556. The molecular weight excluding hydrogens is 215 g/mol. The molecule has 0 fully saturated rings. The van der Waals surface area contributed by atoms with E-state index < -0.39 is 22.2 Å². The molecule has 0 amide bonds. The van der Waals surface area contributed by atoms with Gasteiger partial charge in [-0.05, 0) is 0 Å². The molecule has 0 N–H and O–H groups in total. The summed E-state index contributed by atoms with van der Waals surface area (Å²) in [7, 11) is 0. The van der Waals surface area contributed by atoms with E-state index in [4.69, 9.17) is 2.81 Å². The first kappa shape index (κ1) is 9.41. The predicted molar refractivity (Wildman–Crippen MR) is 43.9 cm³/mol. The van der Waals surface area contributed by atoms with Crippen LogP contribution < -0.4 is 0 Å². The van der Waals surface area contributed by atoms with Crippen molar-refractivity contribution in [1.29, 1.82) is 0 Å². The average Bonchev–Trinajstić information content (AvgIpc) is 2.35. The first-order valence-corrected chi connectivity index (χ1v) is 8.75. The summed E-state index contributed by atoms with van der Waals surface area (Å²) in [6, 6.07) is 0. The molecule has 0 unspecified atom stereocenters. The topological polar surface area (TPSA) is 9.23 Å². The van der Waals surface area contributed by atoms with Gasteiger partial charge in [-0.3, -0.25) is 0 Å². The summed E-state index contributed by atoms with van der Waals surface area (Å²) in [5.74, 6) is 0. The van der Waals surface area contributed by atoms with E-state index in [1.165, 1.54) is 0 Å². The van der Waals surface area contributed by atoms with E-state index in [9.17, 15) is 0 Å². The van der Waals surface area contributed by atoms with Crippen molar-refractivity contribution in [3.8, 4) is 0 Å². The summed E-state index contributed by atoms with van der Waals surface area (Å²) >= 11 is -1.55. The van der Waals surface area contributed by atoms with Gasteiger partial charge in [0.1, 0.15) is 0 Å². The van der Waals surface area contributed by atoms with Crippen molar-refractivity contribution in [2.75, 3.05) is 0 Å². The fourth-order valence-corrected chi connectivity index (χ4v) is 5.06. The van der Waals surface area contributed by atoms with Crippen LogP contribution in [0.2, 0.25) is 4.63 Å². The molecule has 0 saturated carbocycles. The molecule has 11 heavy (non-hydrogen) atoms. The van der Waals surface area contributed by atoms with Crippen molar-refractivity contribution < 1.29 is 25.0 Å². The zero-order chi connectivity index (χ0) is 8.27.